The Morgan fingerprint density at radius 3 is 2.39 bits per heavy atom. The van der Waals surface area contributed by atoms with Crippen LogP contribution in [-0.4, -0.2) is 61.0 Å². The Labute approximate surface area is 219 Å². The van der Waals surface area contributed by atoms with Gasteiger partial charge in [0.25, 0.3) is 0 Å². The van der Waals surface area contributed by atoms with Crippen molar-refractivity contribution in [1.29, 1.82) is 0 Å². The van der Waals surface area contributed by atoms with Gasteiger partial charge < -0.3 is 23.7 Å². The third kappa shape index (κ3) is 7.97. The zero-order valence-corrected chi connectivity index (χ0v) is 21.5. The number of para-hydroxylation sites is 1. The molecule has 0 aliphatic carbocycles. The van der Waals surface area contributed by atoms with Crippen molar-refractivity contribution < 1.29 is 32.7 Å². The average Bonchev–Trinajstić information content (AvgIpc) is 2.92. The van der Waals surface area contributed by atoms with Crippen LogP contribution in [0.2, 0.25) is 0 Å². The molecular formula is C28H31FN2O7. The topological polar surface area (TPSA) is 106 Å². The van der Waals surface area contributed by atoms with Crippen molar-refractivity contribution in [2.24, 2.45) is 0 Å². The van der Waals surface area contributed by atoms with E-state index in [-0.39, 0.29) is 63.2 Å². The largest absolute Gasteiger partial charge is 0.466 e. The van der Waals surface area contributed by atoms with Gasteiger partial charge in [-0.3, -0.25) is 19.2 Å². The van der Waals surface area contributed by atoms with E-state index < -0.39 is 23.6 Å². The van der Waals surface area contributed by atoms with Gasteiger partial charge in [-0.25, -0.2) is 4.39 Å². The summed E-state index contributed by atoms with van der Waals surface area (Å²) < 4.78 is 29.0. The molecule has 0 N–H and O–H groups in total. The van der Waals surface area contributed by atoms with Crippen molar-refractivity contribution in [1.82, 2.24) is 9.80 Å². The fourth-order valence-electron chi connectivity index (χ4n) is 3.83. The van der Waals surface area contributed by atoms with E-state index in [4.69, 9.17) is 13.9 Å². The molecule has 0 atom stereocenters. The maximum absolute atomic E-state index is 13.5. The van der Waals surface area contributed by atoms with E-state index in [9.17, 15) is 23.6 Å². The van der Waals surface area contributed by atoms with Gasteiger partial charge in [0.1, 0.15) is 11.4 Å². The molecule has 0 saturated carbocycles. The molecule has 0 unspecified atom stereocenters. The Hall–Kier alpha value is -4.05. The van der Waals surface area contributed by atoms with Crippen molar-refractivity contribution >= 4 is 28.8 Å². The molecule has 0 bridgehead atoms. The van der Waals surface area contributed by atoms with E-state index in [1.165, 1.54) is 35.3 Å². The van der Waals surface area contributed by atoms with Crippen molar-refractivity contribution in [3.8, 4) is 0 Å². The third-order valence-corrected chi connectivity index (χ3v) is 5.84. The summed E-state index contributed by atoms with van der Waals surface area (Å²) in [6, 6.07) is 12.5. The van der Waals surface area contributed by atoms with Crippen LogP contribution in [0.15, 0.2) is 64.0 Å². The van der Waals surface area contributed by atoms with E-state index in [1.54, 1.807) is 43.3 Å². The van der Waals surface area contributed by atoms with E-state index in [1.807, 2.05) is 0 Å². The summed E-state index contributed by atoms with van der Waals surface area (Å²) in [4.78, 5) is 53.9. The number of hydrogen-bond acceptors (Lipinski definition) is 7. The van der Waals surface area contributed by atoms with Crippen LogP contribution >= 0.6 is 0 Å². The van der Waals surface area contributed by atoms with Gasteiger partial charge in [0.2, 0.25) is 11.8 Å². The second-order valence-corrected chi connectivity index (χ2v) is 8.58. The standard InChI is InChI=1S/C28H31FN2O7/c1-3-37-27(34)13-12-25(32)30(14-15-36-2)18-26(33)31(16-20-8-10-22(29)11-9-20)17-21-19-38-24-7-5-4-6-23(24)28(21)35/h4-11,19H,3,12-18H2,1-2H3. The molecule has 38 heavy (non-hydrogen) atoms. The molecule has 1 aromatic heterocycles. The molecule has 10 heteroatoms. The highest BCUT2D eigenvalue weighted by Crippen LogP contribution is 2.15. The van der Waals surface area contributed by atoms with Crippen molar-refractivity contribution in [3.05, 3.63) is 82.0 Å². The normalized spacial score (nSPS) is 10.8. The van der Waals surface area contributed by atoms with Crippen molar-refractivity contribution in [2.45, 2.75) is 32.9 Å². The first-order valence-corrected chi connectivity index (χ1v) is 12.3. The summed E-state index contributed by atoms with van der Waals surface area (Å²) in [5.74, 6) is -1.77. The van der Waals surface area contributed by atoms with Gasteiger partial charge >= 0.3 is 5.97 Å². The quantitative estimate of drug-likeness (QED) is 0.315. The number of methoxy groups -OCH3 is 1. The summed E-state index contributed by atoms with van der Waals surface area (Å²) in [5, 5.41) is 0.384. The summed E-state index contributed by atoms with van der Waals surface area (Å²) in [7, 11) is 1.48. The van der Waals surface area contributed by atoms with Crippen LogP contribution in [-0.2, 0) is 36.9 Å². The molecule has 2 amide bonds. The van der Waals surface area contributed by atoms with Gasteiger partial charge in [-0.1, -0.05) is 24.3 Å². The molecule has 1 heterocycles. The number of carbonyl (C=O) groups excluding carboxylic acids is 3. The maximum Gasteiger partial charge on any atom is 0.306 e. The van der Waals surface area contributed by atoms with E-state index in [0.717, 1.165) is 0 Å². The number of esters is 1. The Morgan fingerprint density at radius 1 is 0.947 bits per heavy atom. The highest BCUT2D eigenvalue weighted by Gasteiger charge is 2.23. The zero-order chi connectivity index (χ0) is 27.5. The Morgan fingerprint density at radius 2 is 1.68 bits per heavy atom. The summed E-state index contributed by atoms with van der Waals surface area (Å²) in [6.07, 6.45) is 1.09. The number of carbonyl (C=O) groups is 3. The minimum Gasteiger partial charge on any atom is -0.466 e. The predicted octanol–water partition coefficient (Wildman–Crippen LogP) is 3.28. The molecule has 0 spiro atoms. The summed E-state index contributed by atoms with van der Waals surface area (Å²) >= 11 is 0. The van der Waals surface area contributed by atoms with Gasteiger partial charge in [-0.05, 0) is 36.8 Å². The summed E-state index contributed by atoms with van der Waals surface area (Å²) in [6.45, 7) is 1.89. The Balaban J connectivity index is 1.84. The Kier molecular flexibility index (Phi) is 10.5. The number of nitrogens with zero attached hydrogens (tertiary/aromatic N) is 2. The first kappa shape index (κ1) is 28.5. The lowest BCUT2D eigenvalue weighted by Gasteiger charge is -2.28. The number of halogens is 1. The molecule has 3 rings (SSSR count). The van der Waals surface area contributed by atoms with Gasteiger partial charge in [0.05, 0.1) is 49.9 Å². The van der Waals surface area contributed by atoms with Crippen LogP contribution in [0.3, 0.4) is 0 Å². The molecule has 202 valence electrons. The average molecular weight is 527 g/mol. The lowest BCUT2D eigenvalue weighted by Crippen LogP contribution is -2.44. The van der Waals surface area contributed by atoms with Gasteiger partial charge in [0, 0.05) is 26.6 Å². The van der Waals surface area contributed by atoms with Gasteiger partial charge in [0.15, 0.2) is 5.43 Å². The second kappa shape index (κ2) is 14.0. The molecule has 2 aromatic carbocycles. The monoisotopic (exact) mass is 526 g/mol. The molecule has 9 nitrogen and oxygen atoms in total. The lowest BCUT2D eigenvalue weighted by atomic mass is 10.1. The van der Waals surface area contributed by atoms with E-state index >= 15 is 0 Å². The van der Waals surface area contributed by atoms with Gasteiger partial charge in [-0.2, -0.15) is 0 Å². The predicted molar refractivity (Wildman–Crippen MR) is 137 cm³/mol. The zero-order valence-electron chi connectivity index (χ0n) is 21.5. The van der Waals surface area contributed by atoms with Crippen molar-refractivity contribution in [3.63, 3.8) is 0 Å². The van der Waals surface area contributed by atoms with Crippen molar-refractivity contribution in [2.75, 3.05) is 33.4 Å². The number of fused-ring (bicyclic) bond motifs is 1. The number of ether oxygens (including phenoxy) is 2. The highest BCUT2D eigenvalue weighted by atomic mass is 19.1. The SMILES string of the molecule is CCOC(=O)CCC(=O)N(CCOC)CC(=O)N(Cc1ccc(F)cc1)Cc1coc2ccccc2c1=O. The van der Waals surface area contributed by atoms with Crippen LogP contribution in [0.4, 0.5) is 4.39 Å². The smallest absolute Gasteiger partial charge is 0.306 e. The van der Waals surface area contributed by atoms with Crippen LogP contribution in [0.1, 0.15) is 30.9 Å². The molecule has 0 saturated heterocycles. The fourth-order valence-corrected chi connectivity index (χ4v) is 3.83. The molecule has 0 fully saturated rings. The van der Waals surface area contributed by atoms with Gasteiger partial charge in [-0.15, -0.1) is 0 Å². The minimum atomic E-state index is -0.500. The maximum atomic E-state index is 13.5. The van der Waals surface area contributed by atoms with E-state index in [0.29, 0.717) is 16.5 Å². The van der Waals surface area contributed by atoms with Crippen LogP contribution < -0.4 is 5.43 Å². The first-order chi connectivity index (χ1) is 18.3. The second-order valence-electron chi connectivity index (χ2n) is 8.58. The summed E-state index contributed by atoms with van der Waals surface area (Å²) in [5.41, 5.74) is 1.05. The molecule has 0 radical (unpaired) electrons. The van der Waals surface area contributed by atoms with Crippen LogP contribution in [0.25, 0.3) is 11.0 Å². The minimum absolute atomic E-state index is 0.0700. The number of rotatable bonds is 13. The van der Waals surface area contributed by atoms with Crippen LogP contribution in [0, 0.1) is 5.82 Å². The number of benzene rings is 2. The molecule has 3 aromatic rings. The number of amides is 2. The fraction of sp³-hybridized carbons (Fsp3) is 0.357. The van der Waals surface area contributed by atoms with Crippen LogP contribution in [0.5, 0.6) is 0 Å². The number of hydrogen-bond donors (Lipinski definition) is 0. The Bertz CT molecular complexity index is 1310. The lowest BCUT2D eigenvalue weighted by molar-refractivity contribution is -0.146. The first-order valence-electron chi connectivity index (χ1n) is 12.3. The third-order valence-electron chi connectivity index (χ3n) is 5.84. The van der Waals surface area contributed by atoms with E-state index in [2.05, 4.69) is 0 Å². The molecule has 0 aliphatic heterocycles. The molecular weight excluding hydrogens is 495 g/mol. The molecule has 0 aliphatic rings. The highest BCUT2D eigenvalue weighted by molar-refractivity contribution is 5.86.